The van der Waals surface area contributed by atoms with Crippen LogP contribution in [-0.2, 0) is 11.4 Å². The van der Waals surface area contributed by atoms with Crippen LogP contribution in [0.5, 0.6) is 5.75 Å². The molecule has 4 N–H and O–H groups in total. The molecule has 5 rings (SSSR count). The molecule has 0 saturated heterocycles. The lowest BCUT2D eigenvalue weighted by molar-refractivity contribution is -0.123. The zero-order valence-electron chi connectivity index (χ0n) is 16.9. The minimum absolute atomic E-state index is 0.0449. The summed E-state index contributed by atoms with van der Waals surface area (Å²) in [6.45, 7) is -0.557. The van der Waals surface area contributed by atoms with Crippen molar-refractivity contribution in [3.63, 3.8) is 0 Å². The second-order valence-corrected chi connectivity index (χ2v) is 8.35. The number of hydrogen-bond acceptors (Lipinski definition) is 6. The van der Waals surface area contributed by atoms with Crippen molar-refractivity contribution in [1.29, 1.82) is 0 Å². The van der Waals surface area contributed by atoms with Gasteiger partial charge in [-0.3, -0.25) is 14.6 Å². The molecule has 2 bridgehead atoms. The number of nitrogens with zero attached hydrogens (tertiary/aromatic N) is 1. The molecule has 0 spiro atoms. The van der Waals surface area contributed by atoms with E-state index in [1.165, 1.54) is 24.4 Å². The van der Waals surface area contributed by atoms with Crippen LogP contribution in [0.1, 0.15) is 35.3 Å². The number of carbonyl (C=O) groups is 2. The van der Waals surface area contributed by atoms with Crippen LogP contribution in [0.15, 0.2) is 47.8 Å². The Labute approximate surface area is 188 Å². The third-order valence-corrected chi connectivity index (χ3v) is 5.86. The predicted molar refractivity (Wildman–Crippen MR) is 112 cm³/mol. The molecule has 1 saturated carbocycles. The number of fused-ring (bicyclic) bond motifs is 2. The first-order valence-electron chi connectivity index (χ1n) is 9.94. The van der Waals surface area contributed by atoms with Crippen molar-refractivity contribution >= 4 is 23.4 Å². The largest absolute Gasteiger partial charge is 0.484 e. The maximum atomic E-state index is 13.5. The quantitative estimate of drug-likeness (QED) is 0.499. The highest BCUT2D eigenvalue weighted by Gasteiger charge is 2.50. The molecule has 1 aromatic heterocycles. The molecule has 2 amide bonds. The van der Waals surface area contributed by atoms with Crippen molar-refractivity contribution < 1.29 is 28.9 Å². The van der Waals surface area contributed by atoms with Crippen LogP contribution in [-0.4, -0.2) is 45.3 Å². The number of rotatable bonds is 7. The smallest absolute Gasteiger partial charge is 0.270 e. The standard InChI is InChI=1S/C22H21ClFN3O5/c23-15-2-1-14(6-16(15)24)32-11-19(30)26-20-13-7-22(8-13,9-18(20)29)27-21(31)17-5-12(10-28)3-4-25-17/h1-6,18,28-29H,7-11H2,(H,26,30)(H,27,31)/t18-/m0/s1. The molecule has 32 heavy (non-hydrogen) atoms. The van der Waals surface area contributed by atoms with Gasteiger partial charge in [0, 0.05) is 24.4 Å². The summed E-state index contributed by atoms with van der Waals surface area (Å²) in [4.78, 5) is 28.8. The first-order valence-corrected chi connectivity index (χ1v) is 10.3. The molecule has 0 unspecified atom stereocenters. The van der Waals surface area contributed by atoms with Crippen LogP contribution in [0.25, 0.3) is 0 Å². The highest BCUT2D eigenvalue weighted by atomic mass is 35.5. The highest BCUT2D eigenvalue weighted by molar-refractivity contribution is 6.30. The Morgan fingerprint density at radius 2 is 2.06 bits per heavy atom. The summed E-state index contributed by atoms with van der Waals surface area (Å²) in [5.41, 5.74) is 1.42. The summed E-state index contributed by atoms with van der Waals surface area (Å²) in [5, 5.41) is 25.3. The first-order chi connectivity index (χ1) is 15.3. The van der Waals surface area contributed by atoms with Crippen LogP contribution < -0.4 is 15.4 Å². The molecule has 3 aliphatic rings. The van der Waals surface area contributed by atoms with Gasteiger partial charge in [-0.15, -0.1) is 0 Å². The van der Waals surface area contributed by atoms with E-state index in [0.29, 0.717) is 24.1 Å². The van der Waals surface area contributed by atoms with Gasteiger partial charge in [-0.05, 0) is 48.2 Å². The molecule has 168 valence electrons. The Hall–Kier alpha value is -3.01. The summed E-state index contributed by atoms with van der Waals surface area (Å²) in [6.07, 6.45) is 1.72. The molecule has 2 aromatic rings. The van der Waals surface area contributed by atoms with Gasteiger partial charge in [0.15, 0.2) is 6.61 Å². The molecule has 1 heterocycles. The molecule has 1 aromatic carbocycles. The Balaban J connectivity index is 1.34. The van der Waals surface area contributed by atoms with Gasteiger partial charge in [0.25, 0.3) is 11.8 Å². The molecule has 8 nitrogen and oxygen atoms in total. The zero-order valence-corrected chi connectivity index (χ0v) is 17.7. The molecule has 0 radical (unpaired) electrons. The highest BCUT2D eigenvalue weighted by Crippen LogP contribution is 2.47. The minimum Gasteiger partial charge on any atom is -0.484 e. The number of carbonyl (C=O) groups excluding carboxylic acids is 2. The molecule has 1 atom stereocenters. The van der Waals surface area contributed by atoms with Crippen molar-refractivity contribution in [3.05, 3.63) is 69.9 Å². The Bertz CT molecular complexity index is 1100. The van der Waals surface area contributed by atoms with Crippen molar-refractivity contribution in [3.8, 4) is 5.75 Å². The SMILES string of the molecule is O=C(COc1ccc(Cl)c(F)c1)NC1=C2CC(NC(=O)c3cc(CO)ccn3)(C2)C[C@@H]1O. The molecule has 0 aliphatic heterocycles. The van der Waals surface area contributed by atoms with E-state index in [2.05, 4.69) is 15.6 Å². The zero-order chi connectivity index (χ0) is 22.9. The van der Waals surface area contributed by atoms with Crippen LogP contribution in [0.4, 0.5) is 4.39 Å². The number of aliphatic hydroxyl groups excluding tert-OH is 2. The number of nitrogens with one attached hydrogen (secondary N) is 2. The number of ether oxygens (including phenoxy) is 1. The van der Waals surface area contributed by atoms with E-state index in [0.717, 1.165) is 11.6 Å². The minimum atomic E-state index is -0.957. The number of aromatic nitrogens is 1. The first kappa shape index (κ1) is 22.2. The summed E-state index contributed by atoms with van der Waals surface area (Å²) in [7, 11) is 0. The summed E-state index contributed by atoms with van der Waals surface area (Å²) >= 11 is 5.62. The number of aliphatic hydroxyl groups is 2. The van der Waals surface area contributed by atoms with Gasteiger partial charge in [0.05, 0.1) is 23.3 Å². The van der Waals surface area contributed by atoms with Crippen molar-refractivity contribution in [2.75, 3.05) is 6.61 Å². The van der Waals surface area contributed by atoms with Crippen LogP contribution in [0, 0.1) is 5.82 Å². The number of hydrogen-bond donors (Lipinski definition) is 4. The van der Waals surface area contributed by atoms with Gasteiger partial charge in [-0.1, -0.05) is 11.6 Å². The Kier molecular flexibility index (Phi) is 6.14. The van der Waals surface area contributed by atoms with Gasteiger partial charge >= 0.3 is 0 Å². The van der Waals surface area contributed by atoms with E-state index in [1.807, 2.05) is 0 Å². The van der Waals surface area contributed by atoms with E-state index >= 15 is 0 Å². The third-order valence-electron chi connectivity index (χ3n) is 5.56. The molecule has 1 fully saturated rings. The Morgan fingerprint density at radius 3 is 2.75 bits per heavy atom. The van der Waals surface area contributed by atoms with E-state index in [4.69, 9.17) is 16.3 Å². The fourth-order valence-electron chi connectivity index (χ4n) is 4.02. The second kappa shape index (κ2) is 8.85. The lowest BCUT2D eigenvalue weighted by Crippen LogP contribution is -2.61. The van der Waals surface area contributed by atoms with E-state index in [1.54, 1.807) is 6.07 Å². The van der Waals surface area contributed by atoms with Gasteiger partial charge in [-0.2, -0.15) is 0 Å². The maximum Gasteiger partial charge on any atom is 0.270 e. The lowest BCUT2D eigenvalue weighted by Gasteiger charge is -2.51. The van der Waals surface area contributed by atoms with Crippen LogP contribution in [0.2, 0.25) is 5.02 Å². The van der Waals surface area contributed by atoms with Crippen LogP contribution >= 0.6 is 11.6 Å². The number of amides is 2. The topological polar surface area (TPSA) is 121 Å². The average molecular weight is 462 g/mol. The predicted octanol–water partition coefficient (Wildman–Crippen LogP) is 1.84. The molecule has 3 aliphatic carbocycles. The summed E-state index contributed by atoms with van der Waals surface area (Å²) in [5.74, 6) is -1.37. The van der Waals surface area contributed by atoms with Crippen molar-refractivity contribution in [2.45, 2.75) is 37.5 Å². The molecule has 10 heteroatoms. The van der Waals surface area contributed by atoms with Crippen LogP contribution in [0.3, 0.4) is 0 Å². The summed E-state index contributed by atoms with van der Waals surface area (Å²) < 4.78 is 18.7. The van der Waals surface area contributed by atoms with Crippen molar-refractivity contribution in [2.24, 2.45) is 0 Å². The van der Waals surface area contributed by atoms with Gasteiger partial charge < -0.3 is 25.6 Å². The molecular formula is C22H21ClFN3O5. The van der Waals surface area contributed by atoms with Gasteiger partial charge in [0.1, 0.15) is 17.3 Å². The van der Waals surface area contributed by atoms with Gasteiger partial charge in [-0.25, -0.2) is 4.39 Å². The third kappa shape index (κ3) is 4.59. The normalized spacial score (nSPS) is 21.6. The number of benzene rings is 1. The second-order valence-electron chi connectivity index (χ2n) is 7.95. The van der Waals surface area contributed by atoms with E-state index < -0.39 is 23.4 Å². The average Bonchev–Trinajstić information content (AvgIpc) is 2.75. The maximum absolute atomic E-state index is 13.5. The van der Waals surface area contributed by atoms with Crippen molar-refractivity contribution in [1.82, 2.24) is 15.6 Å². The van der Waals surface area contributed by atoms with Gasteiger partial charge in [0.2, 0.25) is 0 Å². The number of halogens is 2. The lowest BCUT2D eigenvalue weighted by atomic mass is 9.63. The number of pyridine rings is 1. The molecular weight excluding hydrogens is 441 g/mol. The monoisotopic (exact) mass is 461 g/mol. The summed E-state index contributed by atoms with van der Waals surface area (Å²) in [6, 6.07) is 6.99. The fraction of sp³-hybridized carbons (Fsp3) is 0.318. The Morgan fingerprint density at radius 1 is 1.28 bits per heavy atom. The fourth-order valence-corrected chi connectivity index (χ4v) is 4.14. The van der Waals surface area contributed by atoms with E-state index in [9.17, 15) is 24.2 Å². The van der Waals surface area contributed by atoms with E-state index in [-0.39, 0.29) is 42.0 Å².